The second kappa shape index (κ2) is 7.21. The molecule has 0 bridgehead atoms. The van der Waals surface area contributed by atoms with Gasteiger partial charge in [-0.3, -0.25) is 4.79 Å². The third kappa shape index (κ3) is 3.65. The van der Waals surface area contributed by atoms with Crippen molar-refractivity contribution < 1.29 is 4.79 Å². The van der Waals surface area contributed by atoms with Crippen LogP contribution in [0.3, 0.4) is 0 Å². The molecule has 1 aliphatic rings. The van der Waals surface area contributed by atoms with Crippen molar-refractivity contribution in [2.24, 2.45) is 5.92 Å². The number of aromatic nitrogens is 2. The Bertz CT molecular complexity index is 702. The second-order valence-corrected chi connectivity index (χ2v) is 7.16. The minimum atomic E-state index is -0.343. The Kier molecular flexibility index (Phi) is 5.02. The fourth-order valence-corrected chi connectivity index (χ4v) is 3.40. The molecule has 1 aromatic carbocycles. The Morgan fingerprint density at radius 1 is 1.16 bits per heavy atom. The van der Waals surface area contributed by atoms with E-state index < -0.39 is 0 Å². The molecule has 132 valence electrons. The Morgan fingerprint density at radius 3 is 2.52 bits per heavy atom. The van der Waals surface area contributed by atoms with Gasteiger partial charge in [0.15, 0.2) is 0 Å². The lowest BCUT2D eigenvalue weighted by Crippen LogP contribution is -2.49. The van der Waals surface area contributed by atoms with Crippen molar-refractivity contribution in [2.45, 2.75) is 32.2 Å². The van der Waals surface area contributed by atoms with Gasteiger partial charge in [-0.1, -0.05) is 30.3 Å². The maximum Gasteiger partial charge on any atom is 0.227 e. The van der Waals surface area contributed by atoms with Gasteiger partial charge in [-0.05, 0) is 38.3 Å². The smallest absolute Gasteiger partial charge is 0.227 e. The van der Waals surface area contributed by atoms with E-state index in [0.29, 0.717) is 12.5 Å². The average Bonchev–Trinajstić information content (AvgIpc) is 2.68. The predicted molar refractivity (Wildman–Crippen MR) is 99.2 cm³/mol. The van der Waals surface area contributed by atoms with E-state index in [9.17, 15) is 4.79 Å². The lowest BCUT2D eigenvalue weighted by molar-refractivity contribution is -0.139. The van der Waals surface area contributed by atoms with Crippen molar-refractivity contribution in [2.75, 3.05) is 25.0 Å². The highest BCUT2D eigenvalue weighted by Crippen LogP contribution is 2.30. The summed E-state index contributed by atoms with van der Waals surface area (Å²) >= 11 is 0. The summed E-state index contributed by atoms with van der Waals surface area (Å²) in [5, 5.41) is 0. The number of rotatable bonds is 4. The Labute approximate surface area is 149 Å². The summed E-state index contributed by atoms with van der Waals surface area (Å²) in [6.45, 7) is 5.78. The Balaban J connectivity index is 1.73. The molecule has 2 aromatic rings. The molecule has 0 N–H and O–H groups in total. The van der Waals surface area contributed by atoms with Gasteiger partial charge in [0.25, 0.3) is 0 Å². The molecule has 0 saturated carbocycles. The van der Waals surface area contributed by atoms with Crippen LogP contribution in [0.4, 0.5) is 5.95 Å². The van der Waals surface area contributed by atoms with Gasteiger partial charge >= 0.3 is 0 Å². The number of carbonyl (C=O) groups is 1. The fraction of sp³-hybridized carbons (Fsp3) is 0.450. The lowest BCUT2D eigenvalue weighted by atomic mass is 9.89. The molecule has 3 rings (SSSR count). The van der Waals surface area contributed by atoms with Crippen LogP contribution in [0.2, 0.25) is 0 Å². The van der Waals surface area contributed by atoms with Gasteiger partial charge in [-0.2, -0.15) is 0 Å². The molecule has 0 aliphatic carbocycles. The van der Waals surface area contributed by atoms with E-state index in [1.165, 1.54) is 0 Å². The molecule has 5 heteroatoms. The molecule has 1 atom stereocenters. The molecule has 1 aliphatic heterocycles. The molecule has 2 heterocycles. The third-order valence-corrected chi connectivity index (χ3v) is 5.25. The quantitative estimate of drug-likeness (QED) is 0.859. The largest absolute Gasteiger partial charge is 0.340 e. The second-order valence-electron chi connectivity index (χ2n) is 7.16. The summed E-state index contributed by atoms with van der Waals surface area (Å²) in [4.78, 5) is 25.8. The van der Waals surface area contributed by atoms with Gasteiger partial charge in [-0.15, -0.1) is 0 Å². The molecular formula is C20H26N4O. The molecule has 1 saturated heterocycles. The highest BCUT2D eigenvalue weighted by atomic mass is 16.2. The average molecular weight is 338 g/mol. The first kappa shape index (κ1) is 17.4. The van der Waals surface area contributed by atoms with Crippen molar-refractivity contribution in [3.05, 3.63) is 54.4 Å². The topological polar surface area (TPSA) is 49.3 Å². The first-order chi connectivity index (χ1) is 12.0. The number of amides is 1. The summed E-state index contributed by atoms with van der Waals surface area (Å²) < 4.78 is 0. The van der Waals surface area contributed by atoms with Crippen molar-refractivity contribution in [1.82, 2.24) is 14.9 Å². The van der Waals surface area contributed by atoms with E-state index in [1.54, 1.807) is 12.4 Å². The Morgan fingerprint density at radius 2 is 1.84 bits per heavy atom. The molecule has 1 aromatic heterocycles. The fourth-order valence-electron chi connectivity index (χ4n) is 3.40. The van der Waals surface area contributed by atoms with Crippen molar-refractivity contribution in [1.29, 1.82) is 0 Å². The van der Waals surface area contributed by atoms with Crippen LogP contribution >= 0.6 is 0 Å². The van der Waals surface area contributed by atoms with Crippen LogP contribution in [0, 0.1) is 5.92 Å². The number of anilines is 1. The maximum absolute atomic E-state index is 13.2. The number of nitrogens with zero attached hydrogens (tertiary/aromatic N) is 4. The van der Waals surface area contributed by atoms with Crippen LogP contribution in [0.1, 0.15) is 32.3 Å². The molecule has 1 fully saturated rings. The van der Waals surface area contributed by atoms with Crippen molar-refractivity contribution in [3.63, 3.8) is 0 Å². The zero-order chi connectivity index (χ0) is 17.9. The van der Waals surface area contributed by atoms with Gasteiger partial charge in [0, 0.05) is 32.5 Å². The van der Waals surface area contributed by atoms with Gasteiger partial charge < -0.3 is 9.80 Å². The zero-order valence-corrected chi connectivity index (χ0v) is 15.2. The molecular weight excluding hydrogens is 312 g/mol. The monoisotopic (exact) mass is 338 g/mol. The van der Waals surface area contributed by atoms with Crippen LogP contribution < -0.4 is 4.90 Å². The van der Waals surface area contributed by atoms with Gasteiger partial charge in [0.05, 0.1) is 11.5 Å². The molecule has 0 spiro atoms. The highest BCUT2D eigenvalue weighted by Gasteiger charge is 2.35. The van der Waals surface area contributed by atoms with Crippen molar-refractivity contribution >= 4 is 11.9 Å². The first-order valence-corrected chi connectivity index (χ1v) is 8.85. The van der Waals surface area contributed by atoms with Crippen molar-refractivity contribution in [3.8, 4) is 0 Å². The van der Waals surface area contributed by atoms with Crippen LogP contribution in [0.5, 0.6) is 0 Å². The number of piperidine rings is 1. The SMILES string of the molecule is CN(C(=O)C1CCCN(c2ncccn2)C1)C(C)(C)c1ccccc1. The normalized spacial score (nSPS) is 18.0. The molecule has 0 radical (unpaired) electrons. The zero-order valence-electron chi connectivity index (χ0n) is 15.2. The lowest BCUT2D eigenvalue weighted by Gasteiger charge is -2.40. The summed E-state index contributed by atoms with van der Waals surface area (Å²) in [6.07, 6.45) is 5.39. The van der Waals surface area contributed by atoms with E-state index >= 15 is 0 Å². The summed E-state index contributed by atoms with van der Waals surface area (Å²) in [6, 6.07) is 12.0. The van der Waals surface area contributed by atoms with Gasteiger partial charge in [0.2, 0.25) is 11.9 Å². The number of hydrogen-bond acceptors (Lipinski definition) is 4. The molecule has 5 nitrogen and oxygen atoms in total. The minimum Gasteiger partial charge on any atom is -0.340 e. The van der Waals surface area contributed by atoms with E-state index in [-0.39, 0.29) is 17.4 Å². The molecule has 1 unspecified atom stereocenters. The van der Waals surface area contributed by atoms with E-state index in [1.807, 2.05) is 36.2 Å². The maximum atomic E-state index is 13.2. The molecule has 25 heavy (non-hydrogen) atoms. The first-order valence-electron chi connectivity index (χ1n) is 8.85. The van der Waals surface area contributed by atoms with Crippen LogP contribution in [-0.4, -0.2) is 40.9 Å². The van der Waals surface area contributed by atoms with E-state index in [2.05, 4.69) is 40.8 Å². The van der Waals surface area contributed by atoms with Crippen LogP contribution in [-0.2, 0) is 10.3 Å². The Hall–Kier alpha value is -2.43. The van der Waals surface area contributed by atoms with Gasteiger partial charge in [0.1, 0.15) is 0 Å². The third-order valence-electron chi connectivity index (χ3n) is 5.25. The van der Waals surface area contributed by atoms with E-state index in [4.69, 9.17) is 0 Å². The molecule has 1 amide bonds. The van der Waals surface area contributed by atoms with Crippen LogP contribution in [0.25, 0.3) is 0 Å². The number of hydrogen-bond donors (Lipinski definition) is 0. The summed E-state index contributed by atoms with van der Waals surface area (Å²) in [5.41, 5.74) is 0.800. The minimum absolute atomic E-state index is 0.0226. The van der Waals surface area contributed by atoms with E-state index in [0.717, 1.165) is 24.9 Å². The summed E-state index contributed by atoms with van der Waals surface area (Å²) in [7, 11) is 1.91. The standard InChI is InChI=1S/C20H26N4O/c1-20(2,17-10-5-4-6-11-17)23(3)18(25)16-9-7-14-24(15-16)19-21-12-8-13-22-19/h4-6,8,10-13,16H,7,9,14-15H2,1-3H3. The van der Waals surface area contributed by atoms with Gasteiger partial charge in [-0.25, -0.2) is 9.97 Å². The summed E-state index contributed by atoms with van der Waals surface area (Å²) in [5.74, 6) is 0.880. The highest BCUT2D eigenvalue weighted by molar-refractivity contribution is 5.80. The van der Waals surface area contributed by atoms with Crippen LogP contribution in [0.15, 0.2) is 48.8 Å². The number of carbonyl (C=O) groups excluding carboxylic acids is 1. The predicted octanol–water partition coefficient (Wildman–Crippen LogP) is 3.09. The number of benzene rings is 1.